The van der Waals surface area contributed by atoms with E-state index in [-0.39, 0.29) is 11.7 Å². The fraction of sp³-hybridized carbons (Fsp3) is 0.214. The molecule has 7 nitrogen and oxygen atoms in total. The summed E-state index contributed by atoms with van der Waals surface area (Å²) in [4.78, 5) is 22.7. The number of para-hydroxylation sites is 1. The highest BCUT2D eigenvalue weighted by atomic mass is 32.2. The average Bonchev–Trinajstić information content (AvgIpc) is 2.93. The Labute approximate surface area is 214 Å². The summed E-state index contributed by atoms with van der Waals surface area (Å²) in [5.74, 6) is 0.945. The van der Waals surface area contributed by atoms with Gasteiger partial charge in [0, 0.05) is 61.1 Å². The zero-order valence-electron chi connectivity index (χ0n) is 20.1. The number of rotatable bonds is 7. The van der Waals surface area contributed by atoms with Crippen LogP contribution in [0.4, 0.5) is 5.69 Å². The van der Waals surface area contributed by atoms with Crippen molar-refractivity contribution in [1.82, 2.24) is 14.8 Å². The second-order valence-electron chi connectivity index (χ2n) is 8.64. The van der Waals surface area contributed by atoms with Crippen LogP contribution in [0.25, 0.3) is 10.9 Å². The van der Waals surface area contributed by atoms with Gasteiger partial charge < -0.3 is 19.5 Å². The zero-order valence-corrected chi connectivity index (χ0v) is 20.9. The number of anilines is 1. The molecule has 2 N–H and O–H groups in total. The molecule has 8 heteroatoms. The third-order valence-corrected chi connectivity index (χ3v) is 7.26. The number of nitrogens with zero attached hydrogens (tertiary/aromatic N) is 3. The van der Waals surface area contributed by atoms with Crippen LogP contribution < -0.4 is 9.46 Å². The number of carbonyl (C=O) groups excluding carboxylic acids is 1. The summed E-state index contributed by atoms with van der Waals surface area (Å²) in [6.45, 7) is 3.33. The minimum absolute atomic E-state index is 0.0345. The molecule has 0 bridgehead atoms. The van der Waals surface area contributed by atoms with Crippen LogP contribution >= 0.6 is 11.9 Å². The van der Waals surface area contributed by atoms with Crippen LogP contribution in [0.3, 0.4) is 0 Å². The Morgan fingerprint density at radius 2 is 1.75 bits per heavy atom. The van der Waals surface area contributed by atoms with Crippen LogP contribution in [0, 0.1) is 0 Å². The van der Waals surface area contributed by atoms with Crippen LogP contribution in [0.2, 0.25) is 0 Å². The Morgan fingerprint density at radius 1 is 1.00 bits per heavy atom. The highest BCUT2D eigenvalue weighted by molar-refractivity contribution is 8.00. The SMILES string of the molecule is COc1cccc(O)c1CN1CCN(C(=O)c2ccc(NSc3cccc4cccnc34)cc2)CC1. The van der Waals surface area contributed by atoms with E-state index < -0.39 is 0 Å². The molecule has 1 aliphatic heterocycles. The topological polar surface area (TPSA) is 77.9 Å². The normalized spacial score (nSPS) is 14.1. The molecule has 0 atom stereocenters. The number of nitrogens with one attached hydrogen (secondary N) is 1. The molecule has 2 heterocycles. The number of phenols is 1. The van der Waals surface area contributed by atoms with E-state index in [2.05, 4.69) is 26.7 Å². The summed E-state index contributed by atoms with van der Waals surface area (Å²) in [6.07, 6.45) is 1.80. The molecular weight excluding hydrogens is 472 g/mol. The van der Waals surface area contributed by atoms with Crippen molar-refractivity contribution in [3.8, 4) is 11.5 Å². The van der Waals surface area contributed by atoms with Gasteiger partial charge in [0.15, 0.2) is 0 Å². The lowest BCUT2D eigenvalue weighted by Crippen LogP contribution is -2.48. The first kappa shape index (κ1) is 24.0. The molecule has 0 aliphatic carbocycles. The summed E-state index contributed by atoms with van der Waals surface area (Å²) in [5, 5.41) is 11.3. The van der Waals surface area contributed by atoms with E-state index in [1.165, 1.54) is 11.9 Å². The monoisotopic (exact) mass is 500 g/mol. The Bertz CT molecular complexity index is 1350. The first-order chi connectivity index (χ1) is 17.6. The average molecular weight is 501 g/mol. The maximum Gasteiger partial charge on any atom is 0.253 e. The number of ether oxygens (including phenoxy) is 1. The molecule has 0 saturated carbocycles. The first-order valence-electron chi connectivity index (χ1n) is 11.9. The van der Waals surface area contributed by atoms with Gasteiger partial charge in [0.1, 0.15) is 11.5 Å². The Hall–Kier alpha value is -3.75. The number of benzene rings is 3. The van der Waals surface area contributed by atoms with Gasteiger partial charge in [-0.2, -0.15) is 0 Å². The van der Waals surface area contributed by atoms with Crippen molar-refractivity contribution in [2.75, 3.05) is 38.0 Å². The Balaban J connectivity index is 1.16. The van der Waals surface area contributed by atoms with E-state index in [0.29, 0.717) is 30.9 Å². The molecule has 184 valence electrons. The van der Waals surface area contributed by atoms with Crippen molar-refractivity contribution in [2.45, 2.75) is 11.4 Å². The van der Waals surface area contributed by atoms with Crippen LogP contribution in [0.15, 0.2) is 83.9 Å². The van der Waals surface area contributed by atoms with Crippen LogP contribution in [-0.2, 0) is 6.54 Å². The summed E-state index contributed by atoms with van der Waals surface area (Å²) in [5.41, 5.74) is 3.34. The number of amides is 1. The van der Waals surface area contributed by atoms with Crippen molar-refractivity contribution < 1.29 is 14.6 Å². The Kier molecular flexibility index (Phi) is 7.25. The lowest BCUT2D eigenvalue weighted by Gasteiger charge is -2.35. The molecule has 1 amide bonds. The lowest BCUT2D eigenvalue weighted by atomic mass is 10.1. The second-order valence-corrected chi connectivity index (χ2v) is 9.49. The zero-order chi connectivity index (χ0) is 24.9. The van der Waals surface area contributed by atoms with Gasteiger partial charge in [0.25, 0.3) is 5.91 Å². The Morgan fingerprint density at radius 3 is 2.53 bits per heavy atom. The maximum absolute atomic E-state index is 13.1. The molecule has 1 aromatic heterocycles. The van der Waals surface area contributed by atoms with E-state index in [1.54, 1.807) is 25.4 Å². The van der Waals surface area contributed by atoms with Gasteiger partial charge in [-0.25, -0.2) is 0 Å². The maximum atomic E-state index is 13.1. The van der Waals surface area contributed by atoms with E-state index >= 15 is 0 Å². The first-order valence-corrected chi connectivity index (χ1v) is 12.7. The van der Waals surface area contributed by atoms with Crippen molar-refractivity contribution >= 4 is 34.4 Å². The molecule has 0 unspecified atom stereocenters. The summed E-state index contributed by atoms with van der Waals surface area (Å²) < 4.78 is 8.75. The predicted octanol–water partition coefficient (Wildman–Crippen LogP) is 5.03. The molecule has 3 aromatic carbocycles. The van der Waals surface area contributed by atoms with Crippen LogP contribution in [0.5, 0.6) is 11.5 Å². The molecule has 5 rings (SSSR count). The predicted molar refractivity (Wildman–Crippen MR) is 144 cm³/mol. The lowest BCUT2D eigenvalue weighted by molar-refractivity contribution is 0.0626. The fourth-order valence-electron chi connectivity index (χ4n) is 4.37. The number of hydrogen-bond acceptors (Lipinski definition) is 7. The van der Waals surface area contributed by atoms with Crippen LogP contribution in [-0.4, -0.2) is 59.1 Å². The van der Waals surface area contributed by atoms with Crippen molar-refractivity contribution in [1.29, 1.82) is 0 Å². The van der Waals surface area contributed by atoms with Gasteiger partial charge in [-0.3, -0.25) is 14.7 Å². The van der Waals surface area contributed by atoms with Gasteiger partial charge in [-0.05, 0) is 60.5 Å². The van der Waals surface area contributed by atoms with E-state index in [4.69, 9.17) is 4.74 Å². The minimum Gasteiger partial charge on any atom is -0.507 e. The van der Waals surface area contributed by atoms with E-state index in [0.717, 1.165) is 40.1 Å². The molecule has 1 fully saturated rings. The van der Waals surface area contributed by atoms with Gasteiger partial charge in [0.2, 0.25) is 0 Å². The fourth-order valence-corrected chi connectivity index (χ4v) is 5.15. The number of piperazine rings is 1. The molecule has 1 aliphatic rings. The number of pyridine rings is 1. The van der Waals surface area contributed by atoms with Crippen molar-refractivity contribution in [2.24, 2.45) is 0 Å². The molecule has 36 heavy (non-hydrogen) atoms. The second kappa shape index (κ2) is 10.9. The number of phenolic OH excluding ortho intramolecular Hbond substituents is 1. The van der Waals surface area contributed by atoms with Gasteiger partial charge in [-0.15, -0.1) is 0 Å². The van der Waals surface area contributed by atoms with Crippen molar-refractivity contribution in [3.63, 3.8) is 0 Å². The number of methoxy groups -OCH3 is 1. The quantitative estimate of drug-likeness (QED) is 0.345. The van der Waals surface area contributed by atoms with E-state index in [9.17, 15) is 9.90 Å². The van der Waals surface area contributed by atoms with Gasteiger partial charge >= 0.3 is 0 Å². The number of fused-ring (bicyclic) bond motifs is 1. The highest BCUT2D eigenvalue weighted by Gasteiger charge is 2.23. The third-order valence-electron chi connectivity index (χ3n) is 6.38. The molecule has 1 saturated heterocycles. The number of aromatic nitrogens is 1. The summed E-state index contributed by atoms with van der Waals surface area (Å²) >= 11 is 1.51. The minimum atomic E-state index is 0.0345. The molecule has 0 spiro atoms. The highest BCUT2D eigenvalue weighted by Crippen LogP contribution is 2.30. The van der Waals surface area contributed by atoms with E-state index in [1.807, 2.05) is 53.4 Å². The summed E-state index contributed by atoms with van der Waals surface area (Å²) in [7, 11) is 1.61. The standard InChI is InChI=1S/C28H28N4O3S/c1-35-25-8-3-7-24(33)23(25)19-31-15-17-32(18-16-31)28(34)21-10-12-22(13-11-21)30-36-26-9-2-5-20-6-4-14-29-27(20)26/h2-14,30,33H,15-19H2,1H3. The molecular formula is C28H28N4O3S. The smallest absolute Gasteiger partial charge is 0.253 e. The molecule has 0 radical (unpaired) electrons. The van der Waals surface area contributed by atoms with Gasteiger partial charge in [-0.1, -0.05) is 24.3 Å². The van der Waals surface area contributed by atoms with Crippen molar-refractivity contribution in [3.05, 3.63) is 90.1 Å². The number of aromatic hydroxyl groups is 1. The number of carbonyl (C=O) groups is 1. The largest absolute Gasteiger partial charge is 0.507 e. The number of hydrogen-bond donors (Lipinski definition) is 2. The van der Waals surface area contributed by atoms with Gasteiger partial charge in [0.05, 0.1) is 17.5 Å². The summed E-state index contributed by atoms with van der Waals surface area (Å²) in [6, 6.07) is 23.0. The molecule has 4 aromatic rings. The van der Waals surface area contributed by atoms with Crippen LogP contribution in [0.1, 0.15) is 15.9 Å². The third kappa shape index (κ3) is 5.24.